The molecule has 2 N–H and O–H groups in total. The molecule has 0 aliphatic carbocycles. The van der Waals surface area contributed by atoms with Gasteiger partial charge in [-0.3, -0.25) is 4.57 Å². The van der Waals surface area contributed by atoms with Crippen LogP contribution in [-0.2, 0) is 6.54 Å². The van der Waals surface area contributed by atoms with E-state index in [-0.39, 0.29) is 25.4 Å². The molecule has 0 amide bonds. The molecule has 57 heavy (non-hydrogen) atoms. The molecular weight excluding hydrogens is 713 g/mol. The lowest BCUT2D eigenvalue weighted by Gasteiger charge is -2.17. The van der Waals surface area contributed by atoms with Gasteiger partial charge in [0.05, 0.1) is 35.1 Å². The summed E-state index contributed by atoms with van der Waals surface area (Å²) in [5.41, 5.74) is 6.71. The Balaban J connectivity index is 0.000000203. The van der Waals surface area contributed by atoms with Gasteiger partial charge in [0.15, 0.2) is 0 Å². The zero-order valence-corrected chi connectivity index (χ0v) is 32.4. The van der Waals surface area contributed by atoms with E-state index in [0.29, 0.717) is 45.8 Å². The van der Waals surface area contributed by atoms with Gasteiger partial charge in [-0.25, -0.2) is 9.59 Å². The summed E-state index contributed by atoms with van der Waals surface area (Å²) < 4.78 is 12.6. The minimum Gasteiger partial charge on any atom is -0.481 e. The average molecular weight is 757 g/mol. The van der Waals surface area contributed by atoms with Gasteiger partial charge in [-0.15, -0.1) is 12.8 Å². The van der Waals surface area contributed by atoms with E-state index in [2.05, 4.69) is 78.8 Å². The number of ether oxygens (including phenoxy) is 2. The molecule has 286 valence electrons. The monoisotopic (exact) mass is 756 g/mol. The van der Waals surface area contributed by atoms with Crippen LogP contribution in [0.3, 0.4) is 0 Å². The maximum Gasteiger partial charge on any atom is 0.348 e. The number of nitrogens with one attached hydrogen (secondary N) is 1. The number of hydrogen-bond donors (Lipinski definition) is 2. The highest BCUT2D eigenvalue weighted by atomic mass is 16.5. The van der Waals surface area contributed by atoms with E-state index in [4.69, 9.17) is 22.3 Å². The van der Waals surface area contributed by atoms with Gasteiger partial charge in [0.2, 0.25) is 0 Å². The molecule has 0 radical (unpaired) electrons. The van der Waals surface area contributed by atoms with Gasteiger partial charge in [-0.1, -0.05) is 118 Å². The van der Waals surface area contributed by atoms with Gasteiger partial charge in [0.25, 0.3) is 0 Å². The Morgan fingerprint density at radius 3 is 1.74 bits per heavy atom. The second-order valence-corrected chi connectivity index (χ2v) is 14.1. The van der Waals surface area contributed by atoms with E-state index in [0.717, 1.165) is 27.5 Å². The third-order valence-electron chi connectivity index (χ3n) is 9.54. The largest absolute Gasteiger partial charge is 0.481 e. The number of hydrogen-bond acceptors (Lipinski definition) is 7. The van der Waals surface area contributed by atoms with Crippen molar-refractivity contribution in [3.05, 3.63) is 153 Å². The molecule has 5 aromatic carbocycles. The van der Waals surface area contributed by atoms with Crippen molar-refractivity contribution in [2.24, 2.45) is 0 Å². The molecular formula is C48H44N4O5. The highest BCUT2D eigenvalue weighted by Crippen LogP contribution is 2.31. The van der Waals surface area contributed by atoms with Crippen LogP contribution < -0.4 is 20.9 Å². The molecule has 1 atom stereocenters. The predicted octanol–water partition coefficient (Wildman–Crippen LogP) is 8.66. The summed E-state index contributed by atoms with van der Waals surface area (Å²) in [7, 11) is 0. The molecule has 7 aromatic rings. The van der Waals surface area contributed by atoms with Gasteiger partial charge in [0.1, 0.15) is 24.7 Å². The van der Waals surface area contributed by atoms with Crippen molar-refractivity contribution in [2.75, 3.05) is 13.2 Å². The van der Waals surface area contributed by atoms with Crippen LogP contribution in [0.5, 0.6) is 11.5 Å². The topological polar surface area (TPSA) is 119 Å². The number of aliphatic hydroxyl groups is 1. The molecule has 7 rings (SSSR count). The first-order valence-corrected chi connectivity index (χ1v) is 18.7. The number of terminal acetylenes is 2. The third kappa shape index (κ3) is 9.48. The van der Waals surface area contributed by atoms with E-state index in [1.165, 1.54) is 15.7 Å². The first kappa shape index (κ1) is 39.7. The number of aliphatic hydroxyl groups excluding tert-OH is 1. The summed E-state index contributed by atoms with van der Waals surface area (Å²) in [6.45, 7) is 8.98. The lowest BCUT2D eigenvalue weighted by Crippen LogP contribution is -2.26. The first-order chi connectivity index (χ1) is 27.6. The van der Waals surface area contributed by atoms with Crippen molar-refractivity contribution in [1.29, 1.82) is 0 Å². The smallest absolute Gasteiger partial charge is 0.348 e. The minimum absolute atomic E-state index is 0.0868. The lowest BCUT2D eigenvalue weighted by atomic mass is 9.99. The molecule has 0 fully saturated rings. The molecule has 1 unspecified atom stereocenters. The van der Waals surface area contributed by atoms with Gasteiger partial charge < -0.3 is 19.6 Å². The molecule has 0 aliphatic rings. The van der Waals surface area contributed by atoms with Gasteiger partial charge in [-0.05, 0) is 64.9 Å². The number of aromatic amines is 1. The van der Waals surface area contributed by atoms with Crippen molar-refractivity contribution in [2.45, 2.75) is 52.2 Å². The number of rotatable bonds is 11. The summed E-state index contributed by atoms with van der Waals surface area (Å²) in [5, 5.41) is 12.3. The van der Waals surface area contributed by atoms with Crippen LogP contribution in [0.15, 0.2) is 125 Å². The summed E-state index contributed by atoms with van der Waals surface area (Å²) in [5.74, 6) is 7.00. The first-order valence-electron chi connectivity index (χ1n) is 18.7. The molecule has 0 aliphatic heterocycles. The summed E-state index contributed by atoms with van der Waals surface area (Å²) >= 11 is 0. The van der Waals surface area contributed by atoms with Gasteiger partial charge >= 0.3 is 11.4 Å². The van der Waals surface area contributed by atoms with Crippen LogP contribution >= 0.6 is 0 Å². The Kier molecular flexibility index (Phi) is 12.6. The molecule has 0 saturated carbocycles. The van der Waals surface area contributed by atoms with E-state index >= 15 is 0 Å². The fraction of sp³-hybridized carbons (Fsp3) is 0.208. The van der Waals surface area contributed by atoms with Gasteiger partial charge in [-0.2, -0.15) is 9.97 Å². The molecule has 0 bridgehead atoms. The number of H-pyrrole nitrogens is 1. The summed E-state index contributed by atoms with van der Waals surface area (Å²) in [6, 6.07) is 36.3. The van der Waals surface area contributed by atoms with Crippen LogP contribution in [-0.4, -0.2) is 37.8 Å². The van der Waals surface area contributed by atoms with E-state index in [1.807, 2.05) is 72.8 Å². The molecule has 0 spiro atoms. The van der Waals surface area contributed by atoms with E-state index < -0.39 is 11.8 Å². The van der Waals surface area contributed by atoms with Gasteiger partial charge in [0, 0.05) is 21.9 Å². The van der Waals surface area contributed by atoms with Crippen molar-refractivity contribution < 1.29 is 14.6 Å². The number of nitrogens with zero attached hydrogens (tertiary/aromatic N) is 3. The second-order valence-electron chi connectivity index (χ2n) is 14.1. The van der Waals surface area contributed by atoms with E-state index in [9.17, 15) is 14.7 Å². The van der Waals surface area contributed by atoms with Crippen molar-refractivity contribution >= 4 is 21.8 Å². The van der Waals surface area contributed by atoms with Crippen molar-refractivity contribution in [3.63, 3.8) is 0 Å². The second kappa shape index (κ2) is 18.1. The molecule has 0 saturated heterocycles. The Morgan fingerprint density at radius 2 is 1.19 bits per heavy atom. The quantitative estimate of drug-likeness (QED) is 0.127. The zero-order valence-electron chi connectivity index (χ0n) is 32.4. The summed E-state index contributed by atoms with van der Waals surface area (Å²) in [6.07, 6.45) is 9.73. The maximum absolute atomic E-state index is 13.1. The fourth-order valence-corrected chi connectivity index (χ4v) is 6.44. The fourth-order valence-electron chi connectivity index (χ4n) is 6.44. The van der Waals surface area contributed by atoms with Crippen molar-refractivity contribution in [3.8, 4) is 58.7 Å². The van der Waals surface area contributed by atoms with Crippen LogP contribution in [0.1, 0.15) is 62.3 Å². The SMILES string of the molecule is C#CCOc1ccc2[nH]c(=O)nc(-c3ccc(C(C)C)cc3)c2c1.C#CCOc1ccc2c(c1)c(-c1ccc(C(C)C)cc1)nc(=O)n2CC(O)c1ccccc1. The minimum atomic E-state index is -0.845. The average Bonchev–Trinajstić information content (AvgIpc) is 3.23. The molecule has 2 heterocycles. The highest BCUT2D eigenvalue weighted by Gasteiger charge is 2.17. The summed E-state index contributed by atoms with van der Waals surface area (Å²) in [4.78, 5) is 36.3. The van der Waals surface area contributed by atoms with Crippen molar-refractivity contribution in [1.82, 2.24) is 19.5 Å². The Bertz CT molecular complexity index is 2690. The number of aromatic nitrogens is 4. The Labute approximate surface area is 332 Å². The molecule has 9 heteroatoms. The third-order valence-corrected chi connectivity index (χ3v) is 9.54. The van der Waals surface area contributed by atoms with E-state index in [1.54, 1.807) is 18.2 Å². The Morgan fingerprint density at radius 1 is 0.667 bits per heavy atom. The zero-order chi connectivity index (χ0) is 40.5. The molecule has 9 nitrogen and oxygen atoms in total. The highest BCUT2D eigenvalue weighted by molar-refractivity contribution is 5.94. The van der Waals surface area contributed by atoms with Crippen LogP contribution in [0, 0.1) is 24.7 Å². The lowest BCUT2D eigenvalue weighted by molar-refractivity contribution is 0.156. The number of benzene rings is 5. The van der Waals surface area contributed by atoms with Crippen LogP contribution in [0.25, 0.3) is 44.3 Å². The predicted molar refractivity (Wildman–Crippen MR) is 227 cm³/mol. The number of fused-ring (bicyclic) bond motifs is 2. The van der Waals surface area contributed by atoms with Crippen LogP contribution in [0.2, 0.25) is 0 Å². The molecule has 2 aromatic heterocycles. The normalized spacial score (nSPS) is 11.5. The maximum atomic E-state index is 13.1. The Hall–Kier alpha value is -6.94. The van der Waals surface area contributed by atoms with Crippen LogP contribution in [0.4, 0.5) is 0 Å². The standard InChI is InChI=1S/C28H26N2O3.C20H18N2O2/c1-4-16-33-23-14-15-25-24(17-23)27(22-12-10-20(11-13-22)19(2)3)29-28(32)30(25)18-26(31)21-8-6-5-7-9-21;1-4-11-24-16-9-10-18-17(12-16)19(22-20(23)21-18)15-7-5-14(6-8-15)13(2)3/h1,5-15,17,19,26,31H,16,18H2,2-3H3;1,5-10,12-13H,11H2,2-3H3,(H,21,22,23).